The lowest BCUT2D eigenvalue weighted by Gasteiger charge is -2.26. The van der Waals surface area contributed by atoms with Gasteiger partial charge in [0.25, 0.3) is 0 Å². The van der Waals surface area contributed by atoms with Gasteiger partial charge in [0.1, 0.15) is 5.82 Å². The normalized spacial score (nSPS) is 11.8. The van der Waals surface area contributed by atoms with Gasteiger partial charge in [-0.25, -0.2) is 4.39 Å². The van der Waals surface area contributed by atoms with Gasteiger partial charge in [-0.15, -0.1) is 0 Å². The van der Waals surface area contributed by atoms with E-state index in [-0.39, 0.29) is 5.82 Å². The van der Waals surface area contributed by atoms with Crippen LogP contribution in [0, 0.1) is 5.82 Å². The van der Waals surface area contributed by atoms with Gasteiger partial charge in [0, 0.05) is 24.1 Å². The molecule has 0 aliphatic rings. The van der Waals surface area contributed by atoms with Crippen molar-refractivity contribution < 1.29 is 9.13 Å². The molecule has 25 heavy (non-hydrogen) atoms. The van der Waals surface area contributed by atoms with Crippen LogP contribution in [-0.4, -0.2) is 12.1 Å². The molecular formula is C22H30FNO. The number of hydrogen-bond acceptors (Lipinski definition) is 2. The fourth-order valence-corrected chi connectivity index (χ4v) is 3.42. The van der Waals surface area contributed by atoms with Crippen LogP contribution in [0.4, 0.5) is 4.39 Å². The maximum Gasteiger partial charge on any atom is 0.123 e. The van der Waals surface area contributed by atoms with Crippen molar-refractivity contribution in [3.05, 3.63) is 52.6 Å². The molecule has 3 heteroatoms. The van der Waals surface area contributed by atoms with Crippen LogP contribution < -0.4 is 0 Å². The van der Waals surface area contributed by atoms with E-state index in [0.29, 0.717) is 24.4 Å². The van der Waals surface area contributed by atoms with Crippen molar-refractivity contribution >= 4 is 0 Å². The lowest BCUT2D eigenvalue weighted by molar-refractivity contribution is 0.183. The predicted octanol–water partition coefficient (Wildman–Crippen LogP) is 6.40. The molecule has 0 saturated carbocycles. The van der Waals surface area contributed by atoms with Gasteiger partial charge in [-0.2, -0.15) is 0 Å². The Morgan fingerprint density at radius 2 is 1.44 bits per heavy atom. The molecular weight excluding hydrogens is 313 g/mol. The molecule has 0 aliphatic heterocycles. The molecule has 1 aromatic carbocycles. The van der Waals surface area contributed by atoms with Crippen molar-refractivity contribution in [1.82, 2.24) is 4.98 Å². The first kappa shape index (κ1) is 19.6. The van der Waals surface area contributed by atoms with E-state index < -0.39 is 0 Å². The van der Waals surface area contributed by atoms with Crippen molar-refractivity contribution in [2.45, 2.75) is 65.9 Å². The summed E-state index contributed by atoms with van der Waals surface area (Å²) in [5, 5.41) is 0. The molecule has 1 heterocycles. The zero-order valence-electron chi connectivity index (χ0n) is 16.5. The smallest absolute Gasteiger partial charge is 0.123 e. The monoisotopic (exact) mass is 343 g/mol. The third-order valence-electron chi connectivity index (χ3n) is 4.49. The van der Waals surface area contributed by atoms with E-state index in [9.17, 15) is 4.39 Å². The van der Waals surface area contributed by atoms with Crippen LogP contribution in [0.1, 0.15) is 81.8 Å². The van der Waals surface area contributed by atoms with E-state index in [4.69, 9.17) is 9.72 Å². The van der Waals surface area contributed by atoms with Gasteiger partial charge in [0.2, 0.25) is 0 Å². The topological polar surface area (TPSA) is 22.1 Å². The second-order valence-corrected chi connectivity index (χ2v) is 7.55. The fourth-order valence-electron chi connectivity index (χ4n) is 3.42. The van der Waals surface area contributed by atoms with E-state index in [1.165, 1.54) is 23.3 Å². The molecule has 0 unspecified atom stereocenters. The van der Waals surface area contributed by atoms with Crippen LogP contribution in [0.3, 0.4) is 0 Å². The number of methoxy groups -OCH3 is 1. The first-order chi connectivity index (χ1) is 11.8. The Labute approximate surface area is 151 Å². The average molecular weight is 343 g/mol. The van der Waals surface area contributed by atoms with Gasteiger partial charge in [0.15, 0.2) is 0 Å². The number of pyridine rings is 1. The summed E-state index contributed by atoms with van der Waals surface area (Å²) in [4.78, 5) is 5.06. The summed E-state index contributed by atoms with van der Waals surface area (Å²) in [6, 6.07) is 6.79. The minimum Gasteiger partial charge on any atom is -0.380 e. The molecule has 0 aliphatic carbocycles. The van der Waals surface area contributed by atoms with Crippen LogP contribution in [0.25, 0.3) is 11.1 Å². The van der Waals surface area contributed by atoms with Crippen molar-refractivity contribution in [2.24, 2.45) is 0 Å². The third kappa shape index (κ3) is 4.09. The minimum atomic E-state index is -0.217. The maximum absolute atomic E-state index is 13.5. The highest BCUT2D eigenvalue weighted by Gasteiger charge is 2.25. The van der Waals surface area contributed by atoms with Crippen LogP contribution in [0.5, 0.6) is 0 Å². The summed E-state index contributed by atoms with van der Waals surface area (Å²) < 4.78 is 19.0. The second kappa shape index (κ2) is 8.09. The molecule has 0 radical (unpaired) electrons. The van der Waals surface area contributed by atoms with Gasteiger partial charge in [-0.05, 0) is 46.6 Å². The summed E-state index contributed by atoms with van der Waals surface area (Å²) >= 11 is 0. The highest BCUT2D eigenvalue weighted by atomic mass is 19.1. The Kier molecular flexibility index (Phi) is 6.34. The average Bonchev–Trinajstić information content (AvgIpc) is 2.54. The lowest BCUT2D eigenvalue weighted by Crippen LogP contribution is -2.13. The number of ether oxygens (including phenoxy) is 1. The Morgan fingerprint density at radius 3 is 1.88 bits per heavy atom. The third-order valence-corrected chi connectivity index (χ3v) is 4.49. The molecule has 2 nitrogen and oxygen atoms in total. The number of aromatic nitrogens is 1. The van der Waals surface area contributed by atoms with E-state index in [1.54, 1.807) is 7.11 Å². The summed E-state index contributed by atoms with van der Waals surface area (Å²) in [5.41, 5.74) is 6.78. The Morgan fingerprint density at radius 1 is 0.880 bits per heavy atom. The van der Waals surface area contributed by atoms with Gasteiger partial charge >= 0.3 is 0 Å². The van der Waals surface area contributed by atoms with Crippen molar-refractivity contribution in [2.75, 3.05) is 7.11 Å². The molecule has 0 fully saturated rings. The van der Waals surface area contributed by atoms with Gasteiger partial charge in [0.05, 0.1) is 6.61 Å². The first-order valence-corrected chi connectivity index (χ1v) is 9.09. The molecule has 0 N–H and O–H groups in total. The number of hydrogen-bond donors (Lipinski definition) is 0. The number of halogens is 1. The lowest BCUT2D eigenvalue weighted by atomic mass is 9.83. The predicted molar refractivity (Wildman–Crippen MR) is 103 cm³/mol. The molecule has 2 rings (SSSR count). The van der Waals surface area contributed by atoms with Gasteiger partial charge in [-0.1, -0.05) is 53.7 Å². The second-order valence-electron chi connectivity index (χ2n) is 7.55. The van der Waals surface area contributed by atoms with E-state index in [1.807, 2.05) is 12.1 Å². The van der Waals surface area contributed by atoms with E-state index in [0.717, 1.165) is 22.5 Å². The molecule has 136 valence electrons. The first-order valence-electron chi connectivity index (χ1n) is 9.09. The molecule has 0 amide bonds. The van der Waals surface area contributed by atoms with Crippen molar-refractivity contribution in [1.29, 1.82) is 0 Å². The van der Waals surface area contributed by atoms with E-state index >= 15 is 0 Å². The molecule has 0 spiro atoms. The van der Waals surface area contributed by atoms with Gasteiger partial charge < -0.3 is 4.74 Å². The van der Waals surface area contributed by atoms with Crippen molar-refractivity contribution in [3.8, 4) is 11.1 Å². The highest BCUT2D eigenvalue weighted by molar-refractivity contribution is 5.74. The minimum absolute atomic E-state index is 0.217. The summed E-state index contributed by atoms with van der Waals surface area (Å²) in [6.45, 7) is 13.6. The number of rotatable bonds is 6. The van der Waals surface area contributed by atoms with Crippen LogP contribution in [0.2, 0.25) is 0 Å². The Hall–Kier alpha value is -1.74. The van der Waals surface area contributed by atoms with Crippen LogP contribution in [0.15, 0.2) is 24.3 Å². The van der Waals surface area contributed by atoms with Crippen LogP contribution in [-0.2, 0) is 11.3 Å². The number of nitrogens with zero attached hydrogens (tertiary/aromatic N) is 1. The molecule has 1 aromatic heterocycles. The number of benzene rings is 1. The molecule has 0 bridgehead atoms. The van der Waals surface area contributed by atoms with Crippen molar-refractivity contribution in [3.63, 3.8) is 0 Å². The fraction of sp³-hybridized carbons (Fsp3) is 0.500. The largest absolute Gasteiger partial charge is 0.380 e. The standard InChI is InChI=1S/C22H30FNO/c1-13(2)19-20(16-8-10-17(23)11-9-16)18(12-25-7)21(14(3)4)24-22(19)15(5)6/h8-11,13-15H,12H2,1-7H3. The van der Waals surface area contributed by atoms with Crippen LogP contribution >= 0.6 is 0 Å². The summed E-state index contributed by atoms with van der Waals surface area (Å²) in [7, 11) is 1.71. The van der Waals surface area contributed by atoms with Gasteiger partial charge in [-0.3, -0.25) is 4.98 Å². The molecule has 2 aromatic rings. The Bertz CT molecular complexity index is 718. The summed E-state index contributed by atoms with van der Waals surface area (Å²) in [5.74, 6) is 0.723. The molecule has 0 atom stereocenters. The summed E-state index contributed by atoms with van der Waals surface area (Å²) in [6.07, 6.45) is 0. The zero-order valence-corrected chi connectivity index (χ0v) is 16.5. The SMILES string of the molecule is COCc1c(C(C)C)nc(C(C)C)c(C(C)C)c1-c1ccc(F)cc1. The van der Waals surface area contributed by atoms with E-state index in [2.05, 4.69) is 41.5 Å². The highest BCUT2D eigenvalue weighted by Crippen LogP contribution is 2.40. The molecule has 0 saturated heterocycles. The zero-order chi connectivity index (χ0) is 18.7. The Balaban J connectivity index is 2.93. The quantitative estimate of drug-likeness (QED) is 0.605. The maximum atomic E-state index is 13.5.